The van der Waals surface area contributed by atoms with Crippen LogP contribution in [0.25, 0.3) is 11.1 Å². The Morgan fingerprint density at radius 2 is 2.09 bits per heavy atom. The van der Waals surface area contributed by atoms with Gasteiger partial charge in [0.05, 0.1) is 11.9 Å². The maximum atomic E-state index is 14.5. The first-order chi connectivity index (χ1) is 10.6. The average Bonchev–Trinajstić information content (AvgIpc) is 2.88. The molecule has 1 aromatic heterocycles. The molecule has 112 valence electrons. The first kappa shape index (κ1) is 13.2. The van der Waals surface area contributed by atoms with Crippen molar-refractivity contribution in [2.24, 2.45) is 5.10 Å². The van der Waals surface area contributed by atoms with Crippen molar-refractivity contribution in [2.45, 2.75) is 25.9 Å². The molecular formula is C16H14F2N4. The lowest BCUT2D eigenvalue weighted by Crippen LogP contribution is -2.43. The lowest BCUT2D eigenvalue weighted by atomic mass is 9.95. The lowest BCUT2D eigenvalue weighted by molar-refractivity contribution is 0.522. The van der Waals surface area contributed by atoms with Gasteiger partial charge in [0.1, 0.15) is 23.6 Å². The summed E-state index contributed by atoms with van der Waals surface area (Å²) in [6, 6.07) is 4.60. The maximum Gasteiger partial charge on any atom is 0.142 e. The molecule has 22 heavy (non-hydrogen) atoms. The van der Waals surface area contributed by atoms with Crippen LogP contribution >= 0.6 is 0 Å². The fraction of sp³-hybridized carbons (Fsp3) is 0.250. The van der Waals surface area contributed by atoms with Gasteiger partial charge in [0.25, 0.3) is 0 Å². The standard InChI is InChI=1S/C16H14F2N4/c1-9-20-21-16-3-2-10-5-13(11-4-12(17)8-19-7-11)14(18)6-15(10)22(9)16/h4-8,16,21H,2-3H2,1H3. The predicted octanol–water partition coefficient (Wildman–Crippen LogP) is 3.04. The summed E-state index contributed by atoms with van der Waals surface area (Å²) >= 11 is 0. The first-order valence-electron chi connectivity index (χ1n) is 7.16. The van der Waals surface area contributed by atoms with E-state index in [0.29, 0.717) is 11.1 Å². The maximum absolute atomic E-state index is 14.5. The van der Waals surface area contributed by atoms with E-state index in [0.717, 1.165) is 36.1 Å². The number of aromatic nitrogens is 1. The Bertz CT molecular complexity index is 788. The fourth-order valence-corrected chi connectivity index (χ4v) is 3.15. The fourth-order valence-electron chi connectivity index (χ4n) is 3.15. The summed E-state index contributed by atoms with van der Waals surface area (Å²) in [6.07, 6.45) is 4.39. The van der Waals surface area contributed by atoms with Gasteiger partial charge in [-0.15, -0.1) is 0 Å². The Hall–Kier alpha value is -2.50. The highest BCUT2D eigenvalue weighted by Crippen LogP contribution is 2.36. The molecule has 6 heteroatoms. The van der Waals surface area contributed by atoms with Crippen LogP contribution < -0.4 is 10.3 Å². The summed E-state index contributed by atoms with van der Waals surface area (Å²) in [5.74, 6) is -0.0292. The predicted molar refractivity (Wildman–Crippen MR) is 80.4 cm³/mol. The number of amidine groups is 1. The molecule has 0 saturated heterocycles. The van der Waals surface area contributed by atoms with E-state index in [1.165, 1.54) is 18.3 Å². The Kier molecular flexibility index (Phi) is 2.85. The quantitative estimate of drug-likeness (QED) is 0.880. The van der Waals surface area contributed by atoms with Crippen LogP contribution in [0.1, 0.15) is 18.9 Å². The van der Waals surface area contributed by atoms with Crippen LogP contribution in [-0.4, -0.2) is 17.0 Å². The molecule has 2 aliphatic heterocycles. The molecule has 0 saturated carbocycles. The molecule has 1 N–H and O–H groups in total. The van der Waals surface area contributed by atoms with Crippen LogP contribution in [0, 0.1) is 11.6 Å². The molecule has 2 aromatic rings. The third kappa shape index (κ3) is 1.94. The molecule has 0 bridgehead atoms. The Morgan fingerprint density at radius 1 is 1.23 bits per heavy atom. The molecule has 0 amide bonds. The topological polar surface area (TPSA) is 40.5 Å². The van der Waals surface area contributed by atoms with E-state index in [1.54, 1.807) is 6.07 Å². The molecule has 1 aromatic carbocycles. The van der Waals surface area contributed by atoms with E-state index in [1.807, 2.05) is 11.8 Å². The van der Waals surface area contributed by atoms with Crippen LogP contribution in [0.15, 0.2) is 35.7 Å². The number of fused-ring (bicyclic) bond motifs is 3. The molecule has 4 rings (SSSR count). The highest BCUT2D eigenvalue weighted by molar-refractivity contribution is 5.99. The third-order valence-electron chi connectivity index (χ3n) is 4.17. The molecule has 1 atom stereocenters. The monoisotopic (exact) mass is 300 g/mol. The van der Waals surface area contributed by atoms with E-state index in [2.05, 4.69) is 15.5 Å². The van der Waals surface area contributed by atoms with Crippen molar-refractivity contribution >= 4 is 11.5 Å². The number of hydrogen-bond donors (Lipinski definition) is 1. The Morgan fingerprint density at radius 3 is 2.91 bits per heavy atom. The van der Waals surface area contributed by atoms with Gasteiger partial charge in [0.2, 0.25) is 0 Å². The highest BCUT2D eigenvalue weighted by atomic mass is 19.1. The van der Waals surface area contributed by atoms with Crippen molar-refractivity contribution < 1.29 is 8.78 Å². The summed E-state index contributed by atoms with van der Waals surface area (Å²) in [5.41, 5.74) is 5.75. The summed E-state index contributed by atoms with van der Waals surface area (Å²) < 4.78 is 27.9. The number of nitrogens with one attached hydrogen (secondary N) is 1. The van der Waals surface area contributed by atoms with E-state index in [4.69, 9.17) is 0 Å². The average molecular weight is 300 g/mol. The molecule has 0 spiro atoms. The zero-order chi connectivity index (χ0) is 15.3. The lowest BCUT2D eigenvalue weighted by Gasteiger charge is -2.33. The number of hydrogen-bond acceptors (Lipinski definition) is 4. The molecule has 3 heterocycles. The molecule has 4 nitrogen and oxygen atoms in total. The minimum atomic E-state index is -0.471. The summed E-state index contributed by atoms with van der Waals surface area (Å²) in [6.45, 7) is 1.89. The van der Waals surface area contributed by atoms with Gasteiger partial charge >= 0.3 is 0 Å². The number of halogens is 2. The highest BCUT2D eigenvalue weighted by Gasteiger charge is 2.32. The number of anilines is 1. The van der Waals surface area contributed by atoms with Crippen LogP contribution in [0.3, 0.4) is 0 Å². The van der Waals surface area contributed by atoms with E-state index in [9.17, 15) is 8.78 Å². The second kappa shape index (κ2) is 4.76. The van der Waals surface area contributed by atoms with Gasteiger partial charge in [0.15, 0.2) is 0 Å². The van der Waals surface area contributed by atoms with Gasteiger partial charge < -0.3 is 4.90 Å². The summed E-state index contributed by atoms with van der Waals surface area (Å²) in [7, 11) is 0. The molecular weight excluding hydrogens is 286 g/mol. The second-order valence-corrected chi connectivity index (χ2v) is 5.57. The Balaban J connectivity index is 1.83. The zero-order valence-corrected chi connectivity index (χ0v) is 12.0. The van der Waals surface area contributed by atoms with Crippen molar-refractivity contribution in [3.63, 3.8) is 0 Å². The second-order valence-electron chi connectivity index (χ2n) is 5.57. The van der Waals surface area contributed by atoms with Gasteiger partial charge in [-0.05, 0) is 43.5 Å². The van der Waals surface area contributed by atoms with Crippen molar-refractivity contribution in [1.82, 2.24) is 10.4 Å². The number of pyridine rings is 1. The zero-order valence-electron chi connectivity index (χ0n) is 12.0. The minimum absolute atomic E-state index is 0.0913. The largest absolute Gasteiger partial charge is 0.306 e. The van der Waals surface area contributed by atoms with Crippen LogP contribution in [0.5, 0.6) is 0 Å². The van der Waals surface area contributed by atoms with Gasteiger partial charge in [0, 0.05) is 17.3 Å². The van der Waals surface area contributed by atoms with Gasteiger partial charge in [-0.2, -0.15) is 5.10 Å². The molecule has 0 aliphatic carbocycles. The van der Waals surface area contributed by atoms with Crippen molar-refractivity contribution in [2.75, 3.05) is 4.90 Å². The number of nitrogens with zero attached hydrogens (tertiary/aromatic N) is 3. The smallest absolute Gasteiger partial charge is 0.142 e. The Labute approximate surface area is 126 Å². The number of rotatable bonds is 1. The van der Waals surface area contributed by atoms with Crippen molar-refractivity contribution in [3.05, 3.63) is 47.8 Å². The summed E-state index contributed by atoms with van der Waals surface area (Å²) in [5, 5.41) is 4.21. The van der Waals surface area contributed by atoms with Gasteiger partial charge in [-0.1, -0.05) is 0 Å². The van der Waals surface area contributed by atoms with Gasteiger partial charge in [-0.3, -0.25) is 10.4 Å². The first-order valence-corrected chi connectivity index (χ1v) is 7.16. The normalized spacial score (nSPS) is 19.3. The van der Waals surface area contributed by atoms with Crippen LogP contribution in [0.2, 0.25) is 0 Å². The molecule has 0 fully saturated rings. The number of benzene rings is 1. The van der Waals surface area contributed by atoms with Crippen molar-refractivity contribution in [3.8, 4) is 11.1 Å². The minimum Gasteiger partial charge on any atom is -0.306 e. The van der Waals surface area contributed by atoms with Gasteiger partial charge in [-0.25, -0.2) is 8.78 Å². The van der Waals surface area contributed by atoms with Crippen LogP contribution in [-0.2, 0) is 6.42 Å². The molecule has 1 unspecified atom stereocenters. The van der Waals surface area contributed by atoms with E-state index in [-0.39, 0.29) is 12.0 Å². The van der Waals surface area contributed by atoms with E-state index >= 15 is 0 Å². The van der Waals surface area contributed by atoms with Crippen molar-refractivity contribution in [1.29, 1.82) is 0 Å². The SMILES string of the molecule is CC1=NNC2CCc3cc(-c4cncc(F)c4)c(F)cc3N12. The van der Waals surface area contributed by atoms with Crippen LogP contribution in [0.4, 0.5) is 14.5 Å². The van der Waals surface area contributed by atoms with E-state index < -0.39 is 5.82 Å². The number of aryl methyl sites for hydroxylation is 1. The summed E-state index contributed by atoms with van der Waals surface area (Å²) in [4.78, 5) is 5.81. The molecule has 2 aliphatic rings. The number of hydrazone groups is 1. The third-order valence-corrected chi connectivity index (χ3v) is 4.17. The molecule has 0 radical (unpaired) electrons.